The number of benzene rings is 3. The van der Waals surface area contributed by atoms with Gasteiger partial charge in [0, 0.05) is 0 Å². The van der Waals surface area contributed by atoms with Crippen LogP contribution in [0.1, 0.15) is 32.3 Å². The second kappa shape index (κ2) is 7.42. The summed E-state index contributed by atoms with van der Waals surface area (Å²) >= 11 is -0.194. The van der Waals surface area contributed by atoms with E-state index in [0.29, 0.717) is 5.92 Å². The molecule has 4 heteroatoms. The van der Waals surface area contributed by atoms with Crippen LogP contribution in [0.3, 0.4) is 0 Å². The Bertz CT molecular complexity index is 1510. The Labute approximate surface area is 192 Å². The molecule has 31 heavy (non-hydrogen) atoms. The van der Waals surface area contributed by atoms with Gasteiger partial charge in [-0.3, -0.25) is 0 Å². The number of nitrogens with zero attached hydrogens (tertiary/aromatic N) is 2. The summed E-state index contributed by atoms with van der Waals surface area (Å²) in [5.41, 5.74) is 5.57. The molecule has 0 fully saturated rings. The van der Waals surface area contributed by atoms with E-state index in [2.05, 4.69) is 96.5 Å². The summed E-state index contributed by atoms with van der Waals surface area (Å²) in [5, 5.41) is 3.66. The minimum atomic E-state index is -1.98. The topological polar surface area (TPSA) is 25.8 Å². The van der Waals surface area contributed by atoms with E-state index in [9.17, 15) is 0 Å². The van der Waals surface area contributed by atoms with E-state index < -0.39 is 13.3 Å². The molecule has 0 atom stereocenters. The molecule has 2 aromatic heterocycles. The Kier molecular flexibility index (Phi) is 4.66. The van der Waals surface area contributed by atoms with Crippen molar-refractivity contribution in [2.24, 2.45) is 0 Å². The molecule has 3 aromatic carbocycles. The van der Waals surface area contributed by atoms with E-state index in [1.807, 2.05) is 0 Å². The average molecular weight is 486 g/mol. The molecule has 2 nitrogen and oxygen atoms in total. The van der Waals surface area contributed by atoms with Gasteiger partial charge in [0.15, 0.2) is 0 Å². The number of hydrogen-bond acceptors (Lipinski definition) is 3. The molecule has 0 aliphatic rings. The number of fused-ring (bicyclic) bond motifs is 4. The van der Waals surface area contributed by atoms with Gasteiger partial charge in [0.1, 0.15) is 0 Å². The van der Waals surface area contributed by atoms with Crippen molar-refractivity contribution in [2.45, 2.75) is 44.0 Å². The fourth-order valence-electron chi connectivity index (χ4n) is 4.69. The maximum atomic E-state index is 8.37. The van der Waals surface area contributed by atoms with E-state index in [0.717, 1.165) is 26.9 Å². The molecule has 0 saturated heterocycles. The summed E-state index contributed by atoms with van der Waals surface area (Å²) in [7, 11) is 0. The predicted octanol–water partition coefficient (Wildman–Crippen LogP) is 7.64. The molecule has 0 saturated carbocycles. The van der Waals surface area contributed by atoms with Crippen molar-refractivity contribution in [3.05, 3.63) is 66.0 Å². The molecule has 0 aliphatic carbocycles. The van der Waals surface area contributed by atoms with Crippen LogP contribution in [-0.2, 0) is 0 Å². The van der Waals surface area contributed by atoms with Crippen molar-refractivity contribution in [1.82, 2.24) is 9.97 Å². The Morgan fingerprint density at radius 1 is 0.935 bits per heavy atom. The van der Waals surface area contributed by atoms with Crippen molar-refractivity contribution in [1.29, 1.82) is 0 Å². The fraction of sp³-hybridized carbons (Fsp3) is 0.259. The minimum absolute atomic E-state index is 0.0849. The van der Waals surface area contributed by atoms with Crippen LogP contribution >= 0.6 is 11.3 Å². The third-order valence-electron chi connectivity index (χ3n) is 6.22. The second-order valence-electron chi connectivity index (χ2n) is 9.76. The first-order valence-corrected chi connectivity index (χ1v) is 19.0. The van der Waals surface area contributed by atoms with E-state index in [1.165, 1.54) is 31.0 Å². The first kappa shape index (κ1) is 19.4. The third-order valence-corrected chi connectivity index (χ3v) is 12.1. The van der Waals surface area contributed by atoms with Crippen molar-refractivity contribution < 1.29 is 1.37 Å². The van der Waals surface area contributed by atoms with E-state index in [4.69, 9.17) is 1.37 Å². The van der Waals surface area contributed by atoms with Gasteiger partial charge in [-0.2, -0.15) is 0 Å². The molecule has 0 bridgehead atoms. The Balaban J connectivity index is 1.86. The van der Waals surface area contributed by atoms with Gasteiger partial charge in [0.2, 0.25) is 0 Å². The molecule has 0 amide bonds. The molecule has 2 heterocycles. The standard InChI is InChI=1S/C27H28GeN2S/c1-16(2)22-14-19(13-18-9-7-8-10-20(18)22)24-27-25(30-15-29-24)21-11-12-23(28(4,5)6)17(3)26(21)31-27/h7-16H,1-6H3/i15D. The average Bonchev–Trinajstić information content (AvgIpc) is 3.11. The molecular weight excluding hydrogens is 457 g/mol. The summed E-state index contributed by atoms with van der Waals surface area (Å²) in [4.78, 5) is 9.24. The number of aryl methyl sites for hydroxylation is 1. The molecular formula is C27H28GeN2S. The van der Waals surface area contributed by atoms with Crippen molar-refractivity contribution in [3.8, 4) is 11.3 Å². The summed E-state index contributed by atoms with van der Waals surface area (Å²) in [6, 6.07) is 17.6. The summed E-state index contributed by atoms with van der Waals surface area (Å²) in [5.74, 6) is 7.73. The van der Waals surface area contributed by atoms with Crippen LogP contribution in [0.25, 0.3) is 42.3 Å². The van der Waals surface area contributed by atoms with Gasteiger partial charge in [-0.25, -0.2) is 0 Å². The van der Waals surface area contributed by atoms with Crippen molar-refractivity contribution in [3.63, 3.8) is 0 Å². The molecule has 0 spiro atoms. The SMILES string of the molecule is [2H]c1nc(-c2cc(C(C)C)c3ccccc3c2)c2sc3c(C)[c]([Ge]([CH3])([CH3])[CH3])ccc3c2n1. The number of thiophene rings is 1. The zero-order chi connectivity index (χ0) is 22.8. The number of aromatic nitrogens is 2. The summed E-state index contributed by atoms with van der Waals surface area (Å²) in [6.45, 7) is 6.73. The Hall–Kier alpha value is -2.24. The van der Waals surface area contributed by atoms with Gasteiger partial charge in [-0.1, -0.05) is 0 Å². The van der Waals surface area contributed by atoms with Crippen LogP contribution in [-0.4, -0.2) is 23.2 Å². The fourth-order valence-corrected chi connectivity index (χ4v) is 9.98. The van der Waals surface area contributed by atoms with Crippen molar-refractivity contribution >= 4 is 60.1 Å². The molecule has 0 unspecified atom stereocenters. The zero-order valence-corrected chi connectivity index (χ0v) is 21.9. The van der Waals surface area contributed by atoms with Crippen molar-refractivity contribution in [2.75, 3.05) is 0 Å². The van der Waals surface area contributed by atoms with Gasteiger partial charge in [0.25, 0.3) is 0 Å². The van der Waals surface area contributed by atoms with Crippen LogP contribution in [0.4, 0.5) is 0 Å². The molecule has 0 aliphatic heterocycles. The quantitative estimate of drug-likeness (QED) is 0.245. The first-order chi connectivity index (χ1) is 15.1. The van der Waals surface area contributed by atoms with Crippen LogP contribution in [0, 0.1) is 6.92 Å². The van der Waals surface area contributed by atoms with Gasteiger partial charge in [-0.05, 0) is 0 Å². The summed E-state index contributed by atoms with van der Waals surface area (Å²) < 4.78 is 12.3. The van der Waals surface area contributed by atoms with Gasteiger partial charge >= 0.3 is 193 Å². The van der Waals surface area contributed by atoms with Gasteiger partial charge in [0.05, 0.1) is 0 Å². The molecule has 5 aromatic rings. The van der Waals surface area contributed by atoms with Gasteiger partial charge in [-0.15, -0.1) is 0 Å². The monoisotopic (exact) mass is 487 g/mol. The van der Waals surface area contributed by atoms with E-state index >= 15 is 0 Å². The van der Waals surface area contributed by atoms with E-state index in [-0.39, 0.29) is 6.30 Å². The zero-order valence-electron chi connectivity index (χ0n) is 20.0. The number of hydrogen-bond donors (Lipinski definition) is 0. The third kappa shape index (κ3) is 3.39. The van der Waals surface area contributed by atoms with Crippen LogP contribution < -0.4 is 4.40 Å². The molecule has 0 radical (unpaired) electrons. The van der Waals surface area contributed by atoms with Crippen LogP contribution in [0.2, 0.25) is 17.3 Å². The molecule has 156 valence electrons. The van der Waals surface area contributed by atoms with E-state index in [1.54, 1.807) is 11.3 Å². The van der Waals surface area contributed by atoms with Crippen LogP contribution in [0.5, 0.6) is 0 Å². The molecule has 5 rings (SSSR count). The predicted molar refractivity (Wildman–Crippen MR) is 140 cm³/mol. The molecule has 0 N–H and O–H groups in total. The van der Waals surface area contributed by atoms with Gasteiger partial charge < -0.3 is 0 Å². The van der Waals surface area contributed by atoms with Crippen LogP contribution in [0.15, 0.2) is 54.8 Å². The summed E-state index contributed by atoms with van der Waals surface area (Å²) in [6.07, 6.45) is 0.0849. The first-order valence-electron chi connectivity index (χ1n) is 11.4. The number of rotatable bonds is 3. The normalized spacial score (nSPS) is 12.9. The Morgan fingerprint density at radius 3 is 2.45 bits per heavy atom. The second-order valence-corrected chi connectivity index (χ2v) is 21.4. The Morgan fingerprint density at radius 2 is 1.71 bits per heavy atom. The maximum absolute atomic E-state index is 8.37.